The van der Waals surface area contributed by atoms with Crippen LogP contribution in [0.5, 0.6) is 5.88 Å². The first kappa shape index (κ1) is 11.1. The molecule has 0 amide bonds. The molecule has 5 nitrogen and oxygen atoms in total. The maximum atomic E-state index is 9.01. The van der Waals surface area contributed by atoms with Gasteiger partial charge in [0.1, 0.15) is 11.6 Å². The van der Waals surface area contributed by atoms with E-state index >= 15 is 0 Å². The third kappa shape index (κ3) is 2.11. The summed E-state index contributed by atoms with van der Waals surface area (Å²) in [5.74, 6) is 1.28. The number of furan rings is 1. The maximum Gasteiger partial charge on any atom is 0.235 e. The lowest BCUT2D eigenvalue weighted by molar-refractivity contribution is 0.325. The Labute approximate surface area is 98.7 Å². The van der Waals surface area contributed by atoms with Crippen LogP contribution in [0, 0.1) is 18.3 Å². The molecule has 2 rings (SSSR count). The summed E-state index contributed by atoms with van der Waals surface area (Å²) in [7, 11) is 0. The molecule has 0 unspecified atom stereocenters. The summed E-state index contributed by atoms with van der Waals surface area (Å²) in [6, 6.07) is 5.56. The van der Waals surface area contributed by atoms with Crippen LogP contribution in [0.3, 0.4) is 0 Å². The van der Waals surface area contributed by atoms with E-state index in [4.69, 9.17) is 14.4 Å². The summed E-state index contributed by atoms with van der Waals surface area (Å²) in [6.07, 6.45) is 1.55. The third-order valence-electron chi connectivity index (χ3n) is 2.19. The molecule has 0 N–H and O–H groups in total. The summed E-state index contributed by atoms with van der Waals surface area (Å²) in [6.45, 7) is 4.03. The molecule has 2 aromatic heterocycles. The molecule has 0 saturated heterocycles. The van der Waals surface area contributed by atoms with Crippen molar-refractivity contribution in [2.45, 2.75) is 13.8 Å². The van der Waals surface area contributed by atoms with Crippen LogP contribution in [0.2, 0.25) is 0 Å². The van der Waals surface area contributed by atoms with Crippen molar-refractivity contribution in [2.24, 2.45) is 0 Å². The molecule has 0 spiro atoms. The van der Waals surface area contributed by atoms with E-state index in [1.54, 1.807) is 25.3 Å². The Morgan fingerprint density at radius 3 is 2.88 bits per heavy atom. The highest BCUT2D eigenvalue weighted by Crippen LogP contribution is 2.23. The first-order chi connectivity index (χ1) is 8.26. The Bertz CT molecular complexity index is 556. The Balaban J connectivity index is 2.55. The molecule has 0 bridgehead atoms. The molecule has 5 heteroatoms. The van der Waals surface area contributed by atoms with E-state index in [1.165, 1.54) is 0 Å². The average Bonchev–Trinajstić information content (AvgIpc) is 2.82. The minimum absolute atomic E-state index is 0.300. The van der Waals surface area contributed by atoms with Gasteiger partial charge in [0.15, 0.2) is 11.6 Å². The number of ether oxygens (including phenoxy) is 1. The number of aryl methyl sites for hydroxylation is 1. The fourth-order valence-corrected chi connectivity index (χ4v) is 1.43. The summed E-state index contributed by atoms with van der Waals surface area (Å²) in [4.78, 5) is 8.41. The van der Waals surface area contributed by atoms with Crippen LogP contribution in [0.4, 0.5) is 0 Å². The van der Waals surface area contributed by atoms with Crippen molar-refractivity contribution >= 4 is 0 Å². The van der Waals surface area contributed by atoms with Gasteiger partial charge >= 0.3 is 0 Å². The minimum Gasteiger partial charge on any atom is -0.477 e. The normalized spacial score (nSPS) is 9.94. The molecule has 2 heterocycles. The first-order valence-corrected chi connectivity index (χ1v) is 5.21. The predicted molar refractivity (Wildman–Crippen MR) is 60.4 cm³/mol. The molecular formula is C12H11N3O2. The van der Waals surface area contributed by atoms with Gasteiger partial charge in [-0.15, -0.1) is 0 Å². The van der Waals surface area contributed by atoms with Gasteiger partial charge in [-0.05, 0) is 26.0 Å². The molecule has 2 aromatic rings. The van der Waals surface area contributed by atoms with Crippen LogP contribution in [-0.2, 0) is 0 Å². The van der Waals surface area contributed by atoms with Gasteiger partial charge in [-0.1, -0.05) is 0 Å². The number of nitrogens with zero attached hydrogens (tertiary/aromatic N) is 3. The summed E-state index contributed by atoms with van der Waals surface area (Å²) >= 11 is 0. The molecule has 0 aliphatic rings. The molecular weight excluding hydrogens is 218 g/mol. The molecule has 0 fully saturated rings. The van der Waals surface area contributed by atoms with Crippen molar-refractivity contribution in [1.29, 1.82) is 5.26 Å². The number of rotatable bonds is 3. The second-order valence-corrected chi connectivity index (χ2v) is 3.33. The Morgan fingerprint density at radius 1 is 1.47 bits per heavy atom. The van der Waals surface area contributed by atoms with Crippen LogP contribution in [0.15, 0.2) is 22.8 Å². The van der Waals surface area contributed by atoms with E-state index in [0.29, 0.717) is 35.3 Å². The largest absolute Gasteiger partial charge is 0.477 e. The highest BCUT2D eigenvalue weighted by molar-refractivity contribution is 5.52. The standard InChI is InChI=1S/C12H11N3O2/c1-3-16-12-9(7-13)8(2)14-11(15-12)10-5-4-6-17-10/h4-6H,3H2,1-2H3. The van der Waals surface area contributed by atoms with Crippen molar-refractivity contribution in [3.63, 3.8) is 0 Å². The van der Waals surface area contributed by atoms with Crippen LogP contribution < -0.4 is 4.74 Å². The number of aromatic nitrogens is 2. The molecule has 0 saturated carbocycles. The SMILES string of the molecule is CCOc1nc(-c2ccco2)nc(C)c1C#N. The Morgan fingerprint density at radius 2 is 2.29 bits per heavy atom. The van der Waals surface area contributed by atoms with Crippen LogP contribution in [0.1, 0.15) is 18.2 Å². The van der Waals surface area contributed by atoms with E-state index < -0.39 is 0 Å². The fraction of sp³-hybridized carbons (Fsp3) is 0.250. The smallest absolute Gasteiger partial charge is 0.235 e. The fourth-order valence-electron chi connectivity index (χ4n) is 1.43. The quantitative estimate of drug-likeness (QED) is 0.807. The molecule has 0 aliphatic carbocycles. The lowest BCUT2D eigenvalue weighted by atomic mass is 10.2. The Hall–Kier alpha value is -2.35. The van der Waals surface area contributed by atoms with Crippen molar-refractivity contribution in [1.82, 2.24) is 9.97 Å². The van der Waals surface area contributed by atoms with Crippen molar-refractivity contribution in [3.8, 4) is 23.5 Å². The van der Waals surface area contributed by atoms with Crippen molar-refractivity contribution < 1.29 is 9.15 Å². The molecule has 0 radical (unpaired) electrons. The van der Waals surface area contributed by atoms with E-state index in [0.717, 1.165) is 0 Å². The highest BCUT2D eigenvalue weighted by Gasteiger charge is 2.14. The van der Waals surface area contributed by atoms with E-state index in [2.05, 4.69) is 9.97 Å². The molecule has 86 valence electrons. The maximum absolute atomic E-state index is 9.01. The van der Waals surface area contributed by atoms with Crippen molar-refractivity contribution in [3.05, 3.63) is 29.7 Å². The van der Waals surface area contributed by atoms with Gasteiger partial charge < -0.3 is 9.15 Å². The molecule has 0 aromatic carbocycles. The average molecular weight is 229 g/mol. The zero-order valence-electron chi connectivity index (χ0n) is 9.60. The van der Waals surface area contributed by atoms with E-state index in [1.807, 2.05) is 13.0 Å². The van der Waals surface area contributed by atoms with E-state index in [9.17, 15) is 0 Å². The minimum atomic E-state index is 0.300. The van der Waals surface area contributed by atoms with Gasteiger partial charge in [0.2, 0.25) is 5.88 Å². The highest BCUT2D eigenvalue weighted by atomic mass is 16.5. The van der Waals surface area contributed by atoms with Crippen LogP contribution >= 0.6 is 0 Å². The summed E-state index contributed by atoms with van der Waals surface area (Å²) < 4.78 is 10.5. The number of hydrogen-bond acceptors (Lipinski definition) is 5. The van der Waals surface area contributed by atoms with Crippen LogP contribution in [-0.4, -0.2) is 16.6 Å². The predicted octanol–water partition coefficient (Wildman–Crippen LogP) is 2.32. The third-order valence-corrected chi connectivity index (χ3v) is 2.19. The number of hydrogen-bond donors (Lipinski definition) is 0. The number of nitriles is 1. The van der Waals surface area contributed by atoms with Gasteiger partial charge in [-0.25, -0.2) is 4.98 Å². The summed E-state index contributed by atoms with van der Waals surface area (Å²) in [5, 5.41) is 9.01. The zero-order chi connectivity index (χ0) is 12.3. The first-order valence-electron chi connectivity index (χ1n) is 5.21. The topological polar surface area (TPSA) is 71.9 Å². The van der Waals surface area contributed by atoms with Gasteiger partial charge in [-0.3, -0.25) is 0 Å². The van der Waals surface area contributed by atoms with Crippen molar-refractivity contribution in [2.75, 3.05) is 6.61 Å². The van der Waals surface area contributed by atoms with Gasteiger partial charge in [0.05, 0.1) is 18.6 Å². The van der Waals surface area contributed by atoms with E-state index in [-0.39, 0.29) is 0 Å². The molecule has 0 aliphatic heterocycles. The monoisotopic (exact) mass is 229 g/mol. The second kappa shape index (κ2) is 4.66. The lowest BCUT2D eigenvalue weighted by Gasteiger charge is -2.07. The Kier molecular flexibility index (Phi) is 3.06. The lowest BCUT2D eigenvalue weighted by Crippen LogP contribution is -2.03. The van der Waals surface area contributed by atoms with Gasteiger partial charge in [-0.2, -0.15) is 10.2 Å². The summed E-state index contributed by atoms with van der Waals surface area (Å²) in [5.41, 5.74) is 0.944. The molecule has 0 atom stereocenters. The zero-order valence-corrected chi connectivity index (χ0v) is 9.60. The second-order valence-electron chi connectivity index (χ2n) is 3.33. The van der Waals surface area contributed by atoms with Crippen LogP contribution in [0.25, 0.3) is 11.6 Å². The van der Waals surface area contributed by atoms with Gasteiger partial charge in [0, 0.05) is 0 Å². The molecule has 17 heavy (non-hydrogen) atoms. The van der Waals surface area contributed by atoms with Gasteiger partial charge in [0.25, 0.3) is 0 Å².